The van der Waals surface area contributed by atoms with Crippen LogP contribution in [0, 0.1) is 15.9 Å². The van der Waals surface area contributed by atoms with E-state index in [2.05, 4.69) is 5.32 Å². The molecule has 0 aliphatic carbocycles. The number of carbonyl (C=O) groups is 1. The first-order valence-electron chi connectivity index (χ1n) is 5.53. The summed E-state index contributed by atoms with van der Waals surface area (Å²) in [5, 5.41) is 13.2. The lowest BCUT2D eigenvalue weighted by atomic mass is 10.2. The van der Waals surface area contributed by atoms with Gasteiger partial charge in [-0.05, 0) is 6.07 Å². The summed E-state index contributed by atoms with van der Waals surface area (Å²) >= 11 is 0. The van der Waals surface area contributed by atoms with Crippen molar-refractivity contribution in [3.05, 3.63) is 34.1 Å². The van der Waals surface area contributed by atoms with Crippen LogP contribution in [-0.2, 0) is 4.79 Å². The van der Waals surface area contributed by atoms with Crippen molar-refractivity contribution < 1.29 is 14.1 Å². The molecule has 0 radical (unpaired) electrons. The maximum Gasteiger partial charge on any atom is 0.272 e. The largest absolute Gasteiger partial charge is 0.367 e. The van der Waals surface area contributed by atoms with Crippen LogP contribution in [0.1, 0.15) is 6.42 Å². The van der Waals surface area contributed by atoms with Gasteiger partial charge in [0.2, 0.25) is 5.91 Å². The Balaban J connectivity index is 2.22. The fourth-order valence-corrected chi connectivity index (χ4v) is 1.87. The number of rotatable bonds is 2. The first-order chi connectivity index (χ1) is 8.58. The van der Waals surface area contributed by atoms with Gasteiger partial charge in [-0.1, -0.05) is 0 Å². The predicted molar refractivity (Wildman–Crippen MR) is 62.9 cm³/mol. The van der Waals surface area contributed by atoms with Crippen LogP contribution in [0.3, 0.4) is 0 Å². The lowest BCUT2D eigenvalue weighted by molar-refractivity contribution is -0.385. The molecule has 0 aromatic heterocycles. The van der Waals surface area contributed by atoms with Crippen molar-refractivity contribution in [2.45, 2.75) is 6.42 Å². The van der Waals surface area contributed by atoms with Gasteiger partial charge in [-0.15, -0.1) is 0 Å². The van der Waals surface area contributed by atoms with Crippen molar-refractivity contribution in [1.29, 1.82) is 0 Å². The Morgan fingerprint density at radius 2 is 2.17 bits per heavy atom. The Morgan fingerprint density at radius 1 is 1.39 bits per heavy atom. The van der Waals surface area contributed by atoms with Crippen LogP contribution in [0.2, 0.25) is 0 Å². The maximum atomic E-state index is 13.8. The molecule has 1 aliphatic rings. The molecule has 1 fully saturated rings. The Labute approximate surface area is 103 Å². The number of nitrogens with zero attached hydrogens (tertiary/aromatic N) is 2. The fourth-order valence-electron chi connectivity index (χ4n) is 1.87. The zero-order chi connectivity index (χ0) is 13.1. The summed E-state index contributed by atoms with van der Waals surface area (Å²) in [6, 6.07) is 3.54. The van der Waals surface area contributed by atoms with Crippen molar-refractivity contribution >= 4 is 17.3 Å². The van der Waals surface area contributed by atoms with Crippen molar-refractivity contribution in [2.24, 2.45) is 0 Å². The standard InChI is InChI=1S/C11H12FN3O3/c12-9-7-8(15(17)18)1-2-10(9)14-5-3-11(16)13-4-6-14/h1-2,7H,3-6H2,(H,13,16). The van der Waals surface area contributed by atoms with Crippen LogP contribution >= 0.6 is 0 Å². The highest BCUT2D eigenvalue weighted by Crippen LogP contribution is 2.24. The summed E-state index contributed by atoms with van der Waals surface area (Å²) in [5.74, 6) is -0.710. The molecule has 7 heteroatoms. The van der Waals surface area contributed by atoms with Crippen LogP contribution in [0.4, 0.5) is 15.8 Å². The van der Waals surface area contributed by atoms with E-state index < -0.39 is 10.7 Å². The molecule has 6 nitrogen and oxygen atoms in total. The highest BCUT2D eigenvalue weighted by molar-refractivity contribution is 5.77. The van der Waals surface area contributed by atoms with Crippen molar-refractivity contribution in [2.75, 3.05) is 24.5 Å². The smallest absolute Gasteiger partial charge is 0.272 e. The Bertz CT molecular complexity index is 492. The number of nitro groups is 1. The molecule has 2 rings (SSSR count). The molecule has 0 spiro atoms. The van der Waals surface area contributed by atoms with Crippen LogP contribution in [-0.4, -0.2) is 30.5 Å². The minimum atomic E-state index is -0.640. The quantitative estimate of drug-likeness (QED) is 0.631. The average molecular weight is 253 g/mol. The number of hydrogen-bond acceptors (Lipinski definition) is 4. The SMILES string of the molecule is O=C1CCN(c2ccc([N+](=O)[O-])cc2F)CCN1. The third-order valence-corrected chi connectivity index (χ3v) is 2.80. The predicted octanol–water partition coefficient (Wildman–Crippen LogP) is 1.06. The molecular formula is C11H12FN3O3. The van der Waals surface area contributed by atoms with Crippen molar-refractivity contribution in [3.8, 4) is 0 Å². The second kappa shape index (κ2) is 4.99. The van der Waals surface area contributed by atoms with Gasteiger partial charge in [0.05, 0.1) is 16.7 Å². The van der Waals surface area contributed by atoms with E-state index in [1.54, 1.807) is 4.90 Å². The Morgan fingerprint density at radius 3 is 2.83 bits per heavy atom. The second-order valence-electron chi connectivity index (χ2n) is 3.98. The molecule has 1 N–H and O–H groups in total. The van der Waals surface area contributed by atoms with Crippen LogP contribution < -0.4 is 10.2 Å². The molecule has 0 atom stereocenters. The fraction of sp³-hybridized carbons (Fsp3) is 0.364. The van der Waals surface area contributed by atoms with E-state index in [1.807, 2.05) is 0 Å². The van der Waals surface area contributed by atoms with Gasteiger partial charge in [-0.3, -0.25) is 14.9 Å². The van der Waals surface area contributed by atoms with Crippen molar-refractivity contribution in [3.63, 3.8) is 0 Å². The Kier molecular flexibility index (Phi) is 3.40. The number of hydrogen-bond donors (Lipinski definition) is 1. The lowest BCUT2D eigenvalue weighted by Gasteiger charge is -2.22. The number of halogens is 1. The van der Waals surface area contributed by atoms with E-state index in [4.69, 9.17) is 0 Å². The van der Waals surface area contributed by atoms with Gasteiger partial charge in [0.25, 0.3) is 5.69 Å². The average Bonchev–Trinajstić information content (AvgIpc) is 2.54. The third-order valence-electron chi connectivity index (χ3n) is 2.80. The minimum Gasteiger partial charge on any atom is -0.367 e. The maximum absolute atomic E-state index is 13.8. The van der Waals surface area contributed by atoms with Crippen molar-refractivity contribution in [1.82, 2.24) is 5.32 Å². The summed E-state index contributed by atoms with van der Waals surface area (Å²) in [7, 11) is 0. The monoisotopic (exact) mass is 253 g/mol. The number of anilines is 1. The number of nitrogens with one attached hydrogen (secondary N) is 1. The highest BCUT2D eigenvalue weighted by Gasteiger charge is 2.18. The first-order valence-corrected chi connectivity index (χ1v) is 5.53. The molecule has 18 heavy (non-hydrogen) atoms. The molecule has 1 aliphatic heterocycles. The molecular weight excluding hydrogens is 241 g/mol. The van der Waals surface area contributed by atoms with Gasteiger partial charge in [0.1, 0.15) is 0 Å². The molecule has 1 heterocycles. The minimum absolute atomic E-state index is 0.0696. The zero-order valence-electron chi connectivity index (χ0n) is 9.56. The van der Waals surface area contributed by atoms with Crippen LogP contribution in [0.5, 0.6) is 0 Å². The van der Waals surface area contributed by atoms with E-state index in [9.17, 15) is 19.3 Å². The number of nitro benzene ring substituents is 1. The summed E-state index contributed by atoms with van der Waals surface area (Å²) in [5.41, 5.74) is 0.0115. The molecule has 96 valence electrons. The molecule has 0 saturated carbocycles. The van der Waals surface area contributed by atoms with Crippen LogP contribution in [0.15, 0.2) is 18.2 Å². The first kappa shape index (κ1) is 12.3. The lowest BCUT2D eigenvalue weighted by Crippen LogP contribution is -2.29. The summed E-state index contributed by atoms with van der Waals surface area (Å²) < 4.78 is 13.8. The zero-order valence-corrected chi connectivity index (χ0v) is 9.56. The van der Waals surface area contributed by atoms with Gasteiger partial charge < -0.3 is 10.2 Å². The van der Waals surface area contributed by atoms with E-state index >= 15 is 0 Å². The number of benzene rings is 1. The molecule has 1 aromatic carbocycles. The van der Waals surface area contributed by atoms with Crippen LogP contribution in [0.25, 0.3) is 0 Å². The summed E-state index contributed by atoms with van der Waals surface area (Å²) in [6.45, 7) is 1.33. The van der Waals surface area contributed by atoms with Gasteiger partial charge in [-0.25, -0.2) is 4.39 Å². The molecule has 0 unspecified atom stereocenters. The van der Waals surface area contributed by atoms with Gasteiger partial charge in [0, 0.05) is 32.1 Å². The van der Waals surface area contributed by atoms with Gasteiger partial charge in [-0.2, -0.15) is 0 Å². The molecule has 0 bridgehead atoms. The number of non-ortho nitro benzene ring substituents is 1. The Hall–Kier alpha value is -2.18. The van der Waals surface area contributed by atoms with E-state index in [-0.39, 0.29) is 23.7 Å². The topological polar surface area (TPSA) is 75.5 Å². The second-order valence-corrected chi connectivity index (χ2v) is 3.98. The van der Waals surface area contributed by atoms with Gasteiger partial charge in [0.15, 0.2) is 5.82 Å². The molecule has 1 saturated heterocycles. The molecule has 1 amide bonds. The normalized spacial score (nSPS) is 16.1. The third kappa shape index (κ3) is 2.55. The molecule has 1 aromatic rings. The highest BCUT2D eigenvalue weighted by atomic mass is 19.1. The van der Waals surface area contributed by atoms with E-state index in [0.29, 0.717) is 19.6 Å². The van der Waals surface area contributed by atoms with E-state index in [0.717, 1.165) is 6.07 Å². The summed E-state index contributed by atoms with van der Waals surface area (Å²) in [6.07, 6.45) is 0.288. The summed E-state index contributed by atoms with van der Waals surface area (Å²) in [4.78, 5) is 22.7. The van der Waals surface area contributed by atoms with Gasteiger partial charge >= 0.3 is 0 Å². The van der Waals surface area contributed by atoms with E-state index in [1.165, 1.54) is 12.1 Å². The number of carbonyl (C=O) groups excluding carboxylic acids is 1. The number of amides is 1.